The molecule has 2 fully saturated rings. The summed E-state index contributed by atoms with van der Waals surface area (Å²) in [7, 11) is 0. The van der Waals surface area contributed by atoms with Crippen molar-refractivity contribution in [3.63, 3.8) is 0 Å². The van der Waals surface area contributed by atoms with Crippen LogP contribution in [0.15, 0.2) is 16.5 Å². The van der Waals surface area contributed by atoms with E-state index in [1.54, 1.807) is 12.1 Å². The molecule has 0 radical (unpaired) electrons. The van der Waals surface area contributed by atoms with Crippen LogP contribution in [0.3, 0.4) is 0 Å². The molecule has 0 bridgehead atoms. The number of ether oxygens (including phenoxy) is 1. The summed E-state index contributed by atoms with van der Waals surface area (Å²) in [4.78, 5) is 27.8. The number of aliphatic carboxylic acids is 1. The Labute approximate surface area is 143 Å². The van der Waals surface area contributed by atoms with Gasteiger partial charge in [0, 0.05) is 0 Å². The molecule has 4 rings (SSSR count). The van der Waals surface area contributed by atoms with Crippen LogP contribution in [-0.4, -0.2) is 37.4 Å². The van der Waals surface area contributed by atoms with Gasteiger partial charge in [-0.05, 0) is 44.7 Å². The number of hydrogen-bond donors (Lipinski definition) is 1. The third-order valence-corrected chi connectivity index (χ3v) is 5.03. The molecule has 1 atom stereocenters. The monoisotopic (exact) mass is 345 g/mol. The van der Waals surface area contributed by atoms with Crippen molar-refractivity contribution in [2.24, 2.45) is 0 Å². The van der Waals surface area contributed by atoms with Gasteiger partial charge in [-0.15, -0.1) is 5.10 Å². The van der Waals surface area contributed by atoms with Crippen molar-refractivity contribution in [3.05, 3.63) is 23.7 Å². The lowest BCUT2D eigenvalue weighted by Gasteiger charge is -2.28. The quantitative estimate of drug-likeness (QED) is 0.847. The summed E-state index contributed by atoms with van der Waals surface area (Å²) in [5, 5.41) is 13.5. The van der Waals surface area contributed by atoms with E-state index in [1.165, 1.54) is 4.68 Å². The van der Waals surface area contributed by atoms with E-state index in [1.807, 2.05) is 6.92 Å². The highest BCUT2D eigenvalue weighted by Gasteiger charge is 2.53. The van der Waals surface area contributed by atoms with E-state index in [2.05, 4.69) is 10.1 Å². The molecule has 2 aromatic rings. The Balaban J connectivity index is 1.78. The zero-order valence-electron chi connectivity index (χ0n) is 13.9. The Bertz CT molecular complexity index is 831. The molecule has 1 saturated carbocycles. The molecule has 132 valence electrons. The highest BCUT2D eigenvalue weighted by molar-refractivity contribution is 5.74. The van der Waals surface area contributed by atoms with Gasteiger partial charge in [0.25, 0.3) is 0 Å². The first-order chi connectivity index (χ1) is 12.0. The van der Waals surface area contributed by atoms with Gasteiger partial charge in [-0.3, -0.25) is 9.59 Å². The maximum absolute atomic E-state index is 12.0. The number of carboxylic acids is 1. The molecule has 2 aliphatic rings. The second kappa shape index (κ2) is 5.72. The molecule has 3 heterocycles. The minimum atomic E-state index is -1.01. The average molecular weight is 345 g/mol. The minimum absolute atomic E-state index is 0.203. The molecule has 2 aromatic heterocycles. The van der Waals surface area contributed by atoms with Gasteiger partial charge in [0.1, 0.15) is 23.7 Å². The topological polar surface area (TPSA) is 107 Å². The van der Waals surface area contributed by atoms with Crippen molar-refractivity contribution in [3.8, 4) is 11.6 Å². The third kappa shape index (κ3) is 2.71. The number of aryl methyl sites for hydroxylation is 1. The molecule has 1 N–H and O–H groups in total. The van der Waals surface area contributed by atoms with E-state index in [9.17, 15) is 14.7 Å². The molecule has 1 aliphatic carbocycles. The van der Waals surface area contributed by atoms with E-state index in [0.29, 0.717) is 17.4 Å². The van der Waals surface area contributed by atoms with Gasteiger partial charge < -0.3 is 14.3 Å². The maximum Gasteiger partial charge on any atom is 0.325 e. The van der Waals surface area contributed by atoms with Crippen LogP contribution in [0, 0.1) is 6.92 Å². The Morgan fingerprint density at radius 3 is 2.80 bits per heavy atom. The molecular weight excluding hydrogens is 326 g/mol. The Kier molecular flexibility index (Phi) is 3.63. The molecule has 25 heavy (non-hydrogen) atoms. The van der Waals surface area contributed by atoms with Gasteiger partial charge in [0.05, 0.1) is 12.3 Å². The molecule has 0 unspecified atom stereocenters. The fourth-order valence-electron chi connectivity index (χ4n) is 3.96. The molecule has 8 heteroatoms. The summed E-state index contributed by atoms with van der Waals surface area (Å²) < 4.78 is 12.6. The lowest BCUT2D eigenvalue weighted by Crippen LogP contribution is -2.32. The second-order valence-electron chi connectivity index (χ2n) is 6.76. The van der Waals surface area contributed by atoms with Crippen LogP contribution in [-0.2, 0) is 20.9 Å². The van der Waals surface area contributed by atoms with E-state index in [4.69, 9.17) is 9.15 Å². The van der Waals surface area contributed by atoms with Gasteiger partial charge in [-0.1, -0.05) is 0 Å². The average Bonchev–Trinajstić information content (AvgIpc) is 3.28. The van der Waals surface area contributed by atoms with Crippen LogP contribution in [0.25, 0.3) is 11.6 Å². The second-order valence-corrected chi connectivity index (χ2v) is 6.76. The van der Waals surface area contributed by atoms with Gasteiger partial charge in [-0.2, -0.15) is 0 Å². The lowest BCUT2D eigenvalue weighted by molar-refractivity contribution is -0.148. The largest absolute Gasteiger partial charge is 0.480 e. The van der Waals surface area contributed by atoms with E-state index < -0.39 is 11.6 Å². The predicted molar refractivity (Wildman–Crippen MR) is 84.7 cm³/mol. The first kappa shape index (κ1) is 15.9. The van der Waals surface area contributed by atoms with Gasteiger partial charge in [0.15, 0.2) is 5.76 Å². The molecule has 1 saturated heterocycles. The third-order valence-electron chi connectivity index (χ3n) is 5.03. The van der Waals surface area contributed by atoms with Crippen molar-refractivity contribution < 1.29 is 23.8 Å². The smallest absolute Gasteiger partial charge is 0.325 e. The molecular formula is C17H19N3O5. The number of hydrogen-bond acceptors (Lipinski definition) is 6. The van der Waals surface area contributed by atoms with Crippen LogP contribution in [0.2, 0.25) is 0 Å². The summed E-state index contributed by atoms with van der Waals surface area (Å²) in [6.07, 6.45) is 3.73. The molecule has 0 aromatic carbocycles. The van der Waals surface area contributed by atoms with Crippen LogP contribution in [0.4, 0.5) is 0 Å². The fourth-order valence-corrected chi connectivity index (χ4v) is 3.96. The number of carbonyl (C=O) groups excluding carboxylic acids is 1. The normalized spacial score (nSPS) is 21.8. The Morgan fingerprint density at radius 1 is 1.40 bits per heavy atom. The summed E-state index contributed by atoms with van der Waals surface area (Å²) >= 11 is 0. The molecule has 0 amide bonds. The zero-order valence-corrected chi connectivity index (χ0v) is 13.9. The van der Waals surface area contributed by atoms with Crippen LogP contribution >= 0.6 is 0 Å². The fraction of sp³-hybridized carbons (Fsp3) is 0.529. The number of nitrogens with zero attached hydrogens (tertiary/aromatic N) is 3. The first-order valence-corrected chi connectivity index (χ1v) is 8.42. The van der Waals surface area contributed by atoms with Gasteiger partial charge >= 0.3 is 11.9 Å². The summed E-state index contributed by atoms with van der Waals surface area (Å²) in [5.41, 5.74) is -0.573. The Hall–Kier alpha value is -2.64. The number of furan rings is 1. The molecule has 1 aliphatic heterocycles. The first-order valence-electron chi connectivity index (χ1n) is 8.42. The number of rotatable bonds is 4. The highest BCUT2D eigenvalue weighted by Crippen LogP contribution is 2.50. The van der Waals surface area contributed by atoms with Crippen molar-refractivity contribution in [2.45, 2.75) is 57.1 Å². The standard InChI is InChI=1S/C17H19N3O5/c1-10-4-5-12(24-10)15-18-16(20(19-15)9-13(21)22)11-8-14(23)25-17(11)6-2-3-7-17/h4-5,11H,2-3,6-9H2,1H3,(H,21,22)/t11-/m0/s1. The molecule has 8 nitrogen and oxygen atoms in total. The summed E-state index contributed by atoms with van der Waals surface area (Å²) in [5.74, 6) is 0.466. The van der Waals surface area contributed by atoms with E-state index in [-0.39, 0.29) is 24.9 Å². The number of esters is 1. The van der Waals surface area contributed by atoms with Gasteiger partial charge in [0.2, 0.25) is 5.82 Å². The van der Waals surface area contributed by atoms with Crippen LogP contribution in [0.1, 0.15) is 49.6 Å². The van der Waals surface area contributed by atoms with Gasteiger partial charge in [-0.25, -0.2) is 9.67 Å². The molecule has 1 spiro atoms. The number of carbonyl (C=O) groups is 2. The number of carboxylic acid groups (broad SMARTS) is 1. The summed E-state index contributed by atoms with van der Waals surface area (Å²) in [6.45, 7) is 1.50. The number of aromatic nitrogens is 3. The minimum Gasteiger partial charge on any atom is -0.480 e. The van der Waals surface area contributed by atoms with Crippen molar-refractivity contribution in [2.75, 3.05) is 0 Å². The predicted octanol–water partition coefficient (Wildman–Crippen LogP) is 2.27. The van der Waals surface area contributed by atoms with Crippen LogP contribution < -0.4 is 0 Å². The highest BCUT2D eigenvalue weighted by atomic mass is 16.6. The zero-order chi connectivity index (χ0) is 17.6. The van der Waals surface area contributed by atoms with Crippen LogP contribution in [0.5, 0.6) is 0 Å². The SMILES string of the molecule is Cc1ccc(-c2nc([C@@H]3CC(=O)OC34CCCC4)n(CC(=O)O)n2)o1. The van der Waals surface area contributed by atoms with Crippen molar-refractivity contribution >= 4 is 11.9 Å². The summed E-state index contributed by atoms with van der Waals surface area (Å²) in [6, 6.07) is 3.55. The van der Waals surface area contributed by atoms with Crippen molar-refractivity contribution in [1.82, 2.24) is 14.8 Å². The maximum atomic E-state index is 12.0. The van der Waals surface area contributed by atoms with Crippen molar-refractivity contribution in [1.29, 1.82) is 0 Å². The van der Waals surface area contributed by atoms with E-state index >= 15 is 0 Å². The van der Waals surface area contributed by atoms with E-state index in [0.717, 1.165) is 31.4 Å². The Morgan fingerprint density at radius 2 is 2.16 bits per heavy atom. The lowest BCUT2D eigenvalue weighted by atomic mass is 9.85.